The van der Waals surface area contributed by atoms with Crippen LogP contribution in [0, 0.1) is 0 Å². The normalized spacial score (nSPS) is 11.7. The molecule has 1 unspecified atom stereocenters. The molecule has 0 amide bonds. The summed E-state index contributed by atoms with van der Waals surface area (Å²) in [6, 6.07) is 32.8. The van der Waals surface area contributed by atoms with Crippen molar-refractivity contribution in [1.82, 2.24) is 9.97 Å². The van der Waals surface area contributed by atoms with Crippen molar-refractivity contribution in [3.63, 3.8) is 0 Å². The van der Waals surface area contributed by atoms with Gasteiger partial charge < -0.3 is 4.74 Å². The van der Waals surface area contributed by atoms with Gasteiger partial charge in [0.1, 0.15) is 16.5 Å². The van der Waals surface area contributed by atoms with Crippen LogP contribution in [0.4, 0.5) is 0 Å². The largest absolute Gasteiger partial charge is 0.457 e. The third kappa shape index (κ3) is 4.39. The van der Waals surface area contributed by atoms with Crippen molar-refractivity contribution in [1.29, 1.82) is 0 Å². The highest BCUT2D eigenvalue weighted by molar-refractivity contribution is 7.13. The molecule has 2 heterocycles. The molecule has 0 spiro atoms. The fourth-order valence-corrected chi connectivity index (χ4v) is 4.31. The number of hydrogen-bond donors (Lipinski definition) is 0. The fraction of sp³-hybridized carbons (Fsp3) is 0.0370. The second kappa shape index (κ2) is 8.94. The van der Waals surface area contributed by atoms with Crippen molar-refractivity contribution in [3.8, 4) is 22.1 Å². The fourth-order valence-electron chi connectivity index (χ4n) is 3.68. The zero-order chi connectivity index (χ0) is 20.9. The van der Waals surface area contributed by atoms with E-state index in [2.05, 4.69) is 58.5 Å². The van der Waals surface area contributed by atoms with Gasteiger partial charge in [-0.25, -0.2) is 4.98 Å². The number of thiazole rings is 1. The lowest BCUT2D eigenvalue weighted by Gasteiger charge is -2.18. The Bertz CT molecular complexity index is 1220. The molecule has 0 bridgehead atoms. The molecule has 0 aliphatic heterocycles. The summed E-state index contributed by atoms with van der Waals surface area (Å²) in [5.74, 6) is 1.62. The third-order valence-corrected chi connectivity index (χ3v) is 5.88. The van der Waals surface area contributed by atoms with Gasteiger partial charge in [-0.15, -0.1) is 11.3 Å². The number of rotatable bonds is 6. The minimum absolute atomic E-state index is 0.0348. The van der Waals surface area contributed by atoms with Gasteiger partial charge in [0.05, 0.1) is 11.6 Å². The molecule has 0 saturated carbocycles. The van der Waals surface area contributed by atoms with Crippen molar-refractivity contribution in [2.75, 3.05) is 0 Å². The molecule has 0 fully saturated rings. The van der Waals surface area contributed by atoms with Gasteiger partial charge in [0.25, 0.3) is 0 Å². The Morgan fingerprint density at radius 2 is 1.42 bits per heavy atom. The van der Waals surface area contributed by atoms with Crippen LogP contribution >= 0.6 is 11.3 Å². The van der Waals surface area contributed by atoms with E-state index in [1.807, 2.05) is 66.3 Å². The van der Waals surface area contributed by atoms with E-state index < -0.39 is 0 Å². The maximum atomic E-state index is 6.24. The highest BCUT2D eigenvalue weighted by Gasteiger charge is 2.18. The van der Waals surface area contributed by atoms with Crippen LogP contribution in [-0.4, -0.2) is 9.97 Å². The molecule has 150 valence electrons. The Hall–Kier alpha value is -3.76. The first kappa shape index (κ1) is 19.2. The Labute approximate surface area is 185 Å². The molecule has 2 aromatic heterocycles. The Morgan fingerprint density at radius 1 is 0.645 bits per heavy atom. The average molecular weight is 421 g/mol. The summed E-state index contributed by atoms with van der Waals surface area (Å²) in [5.41, 5.74) is 4.40. The summed E-state index contributed by atoms with van der Waals surface area (Å²) >= 11 is 1.62. The highest BCUT2D eigenvalue weighted by Crippen LogP contribution is 2.34. The molecule has 0 saturated heterocycles. The van der Waals surface area contributed by atoms with Crippen molar-refractivity contribution in [3.05, 3.63) is 132 Å². The minimum Gasteiger partial charge on any atom is -0.457 e. The molecule has 3 nitrogen and oxygen atoms in total. The number of hydrogen-bond acceptors (Lipinski definition) is 4. The van der Waals surface area contributed by atoms with E-state index in [9.17, 15) is 0 Å². The lowest BCUT2D eigenvalue weighted by atomic mass is 9.88. The maximum Gasteiger partial charge on any atom is 0.128 e. The minimum atomic E-state index is 0.0348. The predicted octanol–water partition coefficient (Wildman–Crippen LogP) is 7.18. The van der Waals surface area contributed by atoms with Gasteiger partial charge in [-0.2, -0.15) is 0 Å². The van der Waals surface area contributed by atoms with Gasteiger partial charge in [-0.3, -0.25) is 4.98 Å². The topological polar surface area (TPSA) is 35.0 Å². The van der Waals surface area contributed by atoms with Crippen LogP contribution in [0.2, 0.25) is 0 Å². The smallest absolute Gasteiger partial charge is 0.128 e. The molecule has 0 radical (unpaired) electrons. The van der Waals surface area contributed by atoms with Gasteiger partial charge in [0.15, 0.2) is 0 Å². The van der Waals surface area contributed by atoms with E-state index in [-0.39, 0.29) is 5.92 Å². The molecule has 0 aliphatic rings. The van der Waals surface area contributed by atoms with E-state index in [4.69, 9.17) is 4.74 Å². The van der Waals surface area contributed by atoms with Crippen LogP contribution < -0.4 is 4.74 Å². The molecule has 5 aromatic rings. The third-order valence-electron chi connectivity index (χ3n) is 5.06. The number of pyridine rings is 1. The first-order valence-corrected chi connectivity index (χ1v) is 11.0. The molecular formula is C27H20N2OS. The summed E-state index contributed by atoms with van der Waals surface area (Å²) in [6.07, 6.45) is 3.66. The molecule has 0 aliphatic carbocycles. The van der Waals surface area contributed by atoms with Crippen LogP contribution in [0.3, 0.4) is 0 Å². The molecule has 4 heteroatoms. The number of ether oxygens (including phenoxy) is 1. The summed E-state index contributed by atoms with van der Waals surface area (Å²) in [5, 5.41) is 2.96. The van der Waals surface area contributed by atoms with Crippen LogP contribution in [-0.2, 0) is 0 Å². The summed E-state index contributed by atoms with van der Waals surface area (Å²) in [6.45, 7) is 0. The van der Waals surface area contributed by atoms with Gasteiger partial charge in [0, 0.05) is 23.3 Å². The van der Waals surface area contributed by atoms with Crippen molar-refractivity contribution in [2.45, 2.75) is 5.92 Å². The number of aromatic nitrogens is 2. The van der Waals surface area contributed by atoms with Gasteiger partial charge >= 0.3 is 0 Å². The Kier molecular flexibility index (Phi) is 5.54. The quantitative estimate of drug-likeness (QED) is 0.292. The lowest BCUT2D eigenvalue weighted by molar-refractivity contribution is 0.482. The predicted molar refractivity (Wildman–Crippen MR) is 126 cm³/mol. The second-order valence-corrected chi connectivity index (χ2v) is 8.03. The number of nitrogens with zero attached hydrogens (tertiary/aromatic N) is 2. The zero-order valence-electron chi connectivity index (χ0n) is 16.8. The summed E-state index contributed by atoms with van der Waals surface area (Å²) < 4.78 is 6.24. The Balaban J connectivity index is 1.48. The van der Waals surface area contributed by atoms with E-state index in [0.717, 1.165) is 33.3 Å². The van der Waals surface area contributed by atoms with Crippen molar-refractivity contribution >= 4 is 11.3 Å². The number of benzene rings is 3. The highest BCUT2D eigenvalue weighted by atomic mass is 32.1. The van der Waals surface area contributed by atoms with E-state index in [1.165, 1.54) is 5.56 Å². The molecule has 3 aromatic carbocycles. The Morgan fingerprint density at radius 3 is 2.19 bits per heavy atom. The van der Waals surface area contributed by atoms with Gasteiger partial charge in [0.2, 0.25) is 0 Å². The summed E-state index contributed by atoms with van der Waals surface area (Å²) in [4.78, 5) is 9.03. The van der Waals surface area contributed by atoms with Crippen LogP contribution in [0.1, 0.15) is 22.7 Å². The van der Waals surface area contributed by atoms with E-state index >= 15 is 0 Å². The maximum absolute atomic E-state index is 6.24. The zero-order valence-corrected chi connectivity index (χ0v) is 17.6. The SMILES string of the molecule is c1ccc(C(c2cccc(Oc3cccc(-c4nccs4)c3)c2)c2ccccn2)cc1. The summed E-state index contributed by atoms with van der Waals surface area (Å²) in [7, 11) is 0. The standard InChI is InChI=1S/C27H20N2OS/c1-2-8-20(9-3-1)26(25-14-4-5-15-28-25)21-10-6-12-23(18-21)30-24-13-7-11-22(19-24)27-29-16-17-31-27/h1-19,26H. The van der Waals surface area contributed by atoms with Gasteiger partial charge in [-0.05, 0) is 47.5 Å². The van der Waals surface area contributed by atoms with Crippen molar-refractivity contribution < 1.29 is 4.74 Å². The molecular weight excluding hydrogens is 400 g/mol. The van der Waals surface area contributed by atoms with E-state index in [0.29, 0.717) is 0 Å². The molecule has 31 heavy (non-hydrogen) atoms. The van der Waals surface area contributed by atoms with Crippen molar-refractivity contribution in [2.24, 2.45) is 0 Å². The molecule has 0 N–H and O–H groups in total. The van der Waals surface area contributed by atoms with E-state index in [1.54, 1.807) is 11.3 Å². The van der Waals surface area contributed by atoms with Gasteiger partial charge in [-0.1, -0.05) is 60.7 Å². The lowest BCUT2D eigenvalue weighted by Crippen LogP contribution is -2.05. The monoisotopic (exact) mass is 420 g/mol. The average Bonchev–Trinajstić information content (AvgIpc) is 3.37. The van der Waals surface area contributed by atoms with Crippen LogP contribution in [0.5, 0.6) is 11.5 Å². The first-order chi connectivity index (χ1) is 15.4. The first-order valence-electron chi connectivity index (χ1n) is 10.1. The van der Waals surface area contributed by atoms with Crippen LogP contribution in [0.15, 0.2) is 115 Å². The van der Waals surface area contributed by atoms with Crippen LogP contribution in [0.25, 0.3) is 10.6 Å². The second-order valence-electron chi connectivity index (χ2n) is 7.14. The molecule has 1 atom stereocenters. The molecule has 5 rings (SSSR count).